The first kappa shape index (κ1) is 16.7. The van der Waals surface area contributed by atoms with E-state index < -0.39 is 5.82 Å². The van der Waals surface area contributed by atoms with E-state index >= 15 is 0 Å². The van der Waals surface area contributed by atoms with E-state index in [4.69, 9.17) is 9.47 Å². The van der Waals surface area contributed by atoms with E-state index in [-0.39, 0.29) is 11.7 Å². The molecule has 1 aromatic rings. The first-order valence-corrected chi connectivity index (χ1v) is 7.94. The summed E-state index contributed by atoms with van der Waals surface area (Å²) in [6.07, 6.45) is 7.28. The quantitative estimate of drug-likeness (QED) is 0.786. The van der Waals surface area contributed by atoms with Crippen molar-refractivity contribution in [1.29, 1.82) is 0 Å². The summed E-state index contributed by atoms with van der Waals surface area (Å²) >= 11 is 0. The second-order valence-electron chi connectivity index (χ2n) is 5.59. The van der Waals surface area contributed by atoms with E-state index in [0.29, 0.717) is 24.8 Å². The summed E-state index contributed by atoms with van der Waals surface area (Å²) in [5, 5.41) is 2.77. The Morgan fingerprint density at radius 1 is 1.32 bits per heavy atom. The molecule has 0 heterocycles. The molecule has 5 heteroatoms. The highest BCUT2D eigenvalue weighted by Gasteiger charge is 2.13. The molecule has 1 aromatic carbocycles. The SMILES string of the molecule is COc1ccc(C(=O)NCCCOC2CCCCC2)cc1F. The third-order valence-corrected chi connectivity index (χ3v) is 3.93. The van der Waals surface area contributed by atoms with Crippen LogP contribution in [0.2, 0.25) is 0 Å². The molecule has 0 aliphatic heterocycles. The average molecular weight is 309 g/mol. The molecule has 1 aliphatic rings. The first-order chi connectivity index (χ1) is 10.7. The summed E-state index contributed by atoms with van der Waals surface area (Å²) in [6, 6.07) is 4.19. The highest BCUT2D eigenvalue weighted by Crippen LogP contribution is 2.20. The largest absolute Gasteiger partial charge is 0.494 e. The van der Waals surface area contributed by atoms with Gasteiger partial charge < -0.3 is 14.8 Å². The van der Waals surface area contributed by atoms with E-state index in [1.54, 1.807) is 6.07 Å². The van der Waals surface area contributed by atoms with Crippen LogP contribution in [0.4, 0.5) is 4.39 Å². The lowest BCUT2D eigenvalue weighted by Gasteiger charge is -2.21. The molecule has 0 aromatic heterocycles. The molecule has 122 valence electrons. The maximum absolute atomic E-state index is 13.5. The molecule has 0 spiro atoms. The van der Waals surface area contributed by atoms with E-state index in [1.165, 1.54) is 38.5 Å². The molecule has 2 rings (SSSR count). The molecule has 1 fully saturated rings. The molecule has 0 bridgehead atoms. The third-order valence-electron chi connectivity index (χ3n) is 3.93. The highest BCUT2D eigenvalue weighted by molar-refractivity contribution is 5.94. The number of benzene rings is 1. The lowest BCUT2D eigenvalue weighted by Crippen LogP contribution is -2.26. The first-order valence-electron chi connectivity index (χ1n) is 7.94. The maximum Gasteiger partial charge on any atom is 0.251 e. The number of carbonyl (C=O) groups is 1. The van der Waals surface area contributed by atoms with Gasteiger partial charge >= 0.3 is 0 Å². The Bertz CT molecular complexity index is 487. The highest BCUT2D eigenvalue weighted by atomic mass is 19.1. The number of amides is 1. The number of halogens is 1. The zero-order valence-electron chi connectivity index (χ0n) is 13.1. The Balaban J connectivity index is 1.66. The summed E-state index contributed by atoms with van der Waals surface area (Å²) in [5.41, 5.74) is 0.298. The zero-order chi connectivity index (χ0) is 15.8. The third kappa shape index (κ3) is 4.98. The van der Waals surface area contributed by atoms with Crippen LogP contribution >= 0.6 is 0 Å². The van der Waals surface area contributed by atoms with Gasteiger partial charge in [0.25, 0.3) is 5.91 Å². The Morgan fingerprint density at radius 3 is 2.77 bits per heavy atom. The predicted octanol–water partition coefficient (Wildman–Crippen LogP) is 3.30. The van der Waals surface area contributed by atoms with Crippen molar-refractivity contribution in [3.63, 3.8) is 0 Å². The molecular weight excluding hydrogens is 285 g/mol. The van der Waals surface area contributed by atoms with Gasteiger partial charge in [0.15, 0.2) is 11.6 Å². The fourth-order valence-electron chi connectivity index (χ4n) is 2.67. The van der Waals surface area contributed by atoms with Crippen molar-refractivity contribution in [3.8, 4) is 5.75 Å². The Morgan fingerprint density at radius 2 is 2.09 bits per heavy atom. The van der Waals surface area contributed by atoms with Crippen molar-refractivity contribution in [3.05, 3.63) is 29.6 Å². The fourth-order valence-corrected chi connectivity index (χ4v) is 2.67. The van der Waals surface area contributed by atoms with Gasteiger partial charge in [-0.2, -0.15) is 0 Å². The lowest BCUT2D eigenvalue weighted by atomic mass is 9.98. The second-order valence-corrected chi connectivity index (χ2v) is 5.59. The summed E-state index contributed by atoms with van der Waals surface area (Å²) in [5.74, 6) is -0.674. The topological polar surface area (TPSA) is 47.6 Å². The van der Waals surface area contributed by atoms with E-state index in [9.17, 15) is 9.18 Å². The van der Waals surface area contributed by atoms with E-state index in [1.807, 2.05) is 0 Å². The molecular formula is C17H24FNO3. The van der Waals surface area contributed by atoms with Crippen LogP contribution in [0, 0.1) is 5.82 Å². The Hall–Kier alpha value is -1.62. The van der Waals surface area contributed by atoms with E-state index in [0.717, 1.165) is 19.3 Å². The van der Waals surface area contributed by atoms with Crippen LogP contribution < -0.4 is 10.1 Å². The number of nitrogens with one attached hydrogen (secondary N) is 1. The molecule has 22 heavy (non-hydrogen) atoms. The maximum atomic E-state index is 13.5. The normalized spacial score (nSPS) is 15.5. The Kier molecular flexibility index (Phi) is 6.65. The van der Waals surface area contributed by atoms with Crippen molar-refractivity contribution in [2.75, 3.05) is 20.3 Å². The molecule has 1 N–H and O–H groups in total. The van der Waals surface area contributed by atoms with Gasteiger partial charge in [0, 0.05) is 18.7 Å². The molecule has 0 saturated heterocycles. The van der Waals surface area contributed by atoms with Crippen LogP contribution in [0.5, 0.6) is 5.75 Å². The van der Waals surface area contributed by atoms with Crippen molar-refractivity contribution < 1.29 is 18.7 Å². The van der Waals surface area contributed by atoms with Gasteiger partial charge in [0.05, 0.1) is 13.2 Å². The standard InChI is InChI=1S/C17H24FNO3/c1-21-16-9-8-13(12-15(16)18)17(20)19-10-5-11-22-14-6-3-2-4-7-14/h8-9,12,14H,2-7,10-11H2,1H3,(H,19,20). The monoisotopic (exact) mass is 309 g/mol. The second kappa shape index (κ2) is 8.73. The van der Waals surface area contributed by atoms with Gasteiger partial charge in [0.2, 0.25) is 0 Å². The van der Waals surface area contributed by atoms with Gasteiger partial charge in [-0.15, -0.1) is 0 Å². The van der Waals surface area contributed by atoms with Crippen LogP contribution in [-0.2, 0) is 4.74 Å². The number of carbonyl (C=O) groups excluding carboxylic acids is 1. The molecule has 1 amide bonds. The number of methoxy groups -OCH3 is 1. The number of hydrogen-bond donors (Lipinski definition) is 1. The number of ether oxygens (including phenoxy) is 2. The van der Waals surface area contributed by atoms with Crippen molar-refractivity contribution in [2.24, 2.45) is 0 Å². The molecule has 0 atom stereocenters. The molecule has 1 saturated carbocycles. The van der Waals surface area contributed by atoms with Crippen LogP contribution in [0.25, 0.3) is 0 Å². The minimum absolute atomic E-state index is 0.137. The van der Waals surface area contributed by atoms with Crippen molar-refractivity contribution in [1.82, 2.24) is 5.32 Å². The van der Waals surface area contributed by atoms with Gasteiger partial charge in [-0.3, -0.25) is 4.79 Å². The van der Waals surface area contributed by atoms with E-state index in [2.05, 4.69) is 5.32 Å². The molecule has 0 unspecified atom stereocenters. The minimum atomic E-state index is -0.532. The van der Waals surface area contributed by atoms with Crippen LogP contribution in [0.3, 0.4) is 0 Å². The van der Waals surface area contributed by atoms with Crippen LogP contribution in [0.1, 0.15) is 48.9 Å². The number of hydrogen-bond acceptors (Lipinski definition) is 3. The summed E-state index contributed by atoms with van der Waals surface area (Å²) in [4.78, 5) is 11.9. The van der Waals surface area contributed by atoms with Crippen molar-refractivity contribution >= 4 is 5.91 Å². The van der Waals surface area contributed by atoms with Crippen LogP contribution in [-0.4, -0.2) is 32.3 Å². The van der Waals surface area contributed by atoms with Gasteiger partial charge in [0.1, 0.15) is 0 Å². The minimum Gasteiger partial charge on any atom is -0.494 e. The van der Waals surface area contributed by atoms with Gasteiger partial charge in [-0.25, -0.2) is 4.39 Å². The summed E-state index contributed by atoms with van der Waals surface area (Å²) < 4.78 is 24.2. The molecule has 1 aliphatic carbocycles. The average Bonchev–Trinajstić information content (AvgIpc) is 2.55. The lowest BCUT2D eigenvalue weighted by molar-refractivity contribution is 0.0273. The number of rotatable bonds is 7. The van der Waals surface area contributed by atoms with Crippen molar-refractivity contribution in [2.45, 2.75) is 44.6 Å². The van der Waals surface area contributed by atoms with Gasteiger partial charge in [-0.1, -0.05) is 19.3 Å². The zero-order valence-corrected chi connectivity index (χ0v) is 13.1. The van der Waals surface area contributed by atoms with Crippen LogP contribution in [0.15, 0.2) is 18.2 Å². The predicted molar refractivity (Wildman–Crippen MR) is 82.7 cm³/mol. The summed E-state index contributed by atoms with van der Waals surface area (Å²) in [7, 11) is 1.39. The fraction of sp³-hybridized carbons (Fsp3) is 0.588. The summed E-state index contributed by atoms with van der Waals surface area (Å²) in [6.45, 7) is 1.18. The Labute approximate surface area is 131 Å². The molecule has 0 radical (unpaired) electrons. The van der Waals surface area contributed by atoms with Gasteiger partial charge in [-0.05, 0) is 37.5 Å². The molecule has 4 nitrogen and oxygen atoms in total. The smallest absolute Gasteiger partial charge is 0.251 e.